The fourth-order valence-corrected chi connectivity index (χ4v) is 1.91. The second-order valence-corrected chi connectivity index (χ2v) is 5.08. The Labute approximate surface area is 155 Å². The minimum absolute atomic E-state index is 0.202. The summed E-state index contributed by atoms with van der Waals surface area (Å²) in [6.07, 6.45) is 6.46. The summed E-state index contributed by atoms with van der Waals surface area (Å²) in [5.41, 5.74) is 0.767. The molecule has 0 radical (unpaired) electrons. The molecule has 0 aliphatic carbocycles. The van der Waals surface area contributed by atoms with Crippen LogP contribution in [0.4, 0.5) is 5.69 Å². The first-order valence-electron chi connectivity index (χ1n) is 7.64. The van der Waals surface area contributed by atoms with Gasteiger partial charge in [0.1, 0.15) is 6.04 Å². The van der Waals surface area contributed by atoms with Gasteiger partial charge in [-0.1, -0.05) is 12.0 Å². The third-order valence-corrected chi connectivity index (χ3v) is 3.11. The van der Waals surface area contributed by atoms with Gasteiger partial charge < -0.3 is 21.1 Å². The Morgan fingerprint density at radius 2 is 2.11 bits per heavy atom. The molecule has 0 spiro atoms. The van der Waals surface area contributed by atoms with Gasteiger partial charge in [-0.15, -0.1) is 6.42 Å². The van der Waals surface area contributed by atoms with Gasteiger partial charge in [0.15, 0.2) is 6.19 Å². The molecule has 1 rings (SSSR count). The number of rotatable bonds is 7. The average Bonchev–Trinajstić information content (AvgIpc) is 2.65. The summed E-state index contributed by atoms with van der Waals surface area (Å²) in [5, 5.41) is 27.2. The van der Waals surface area contributed by atoms with E-state index in [2.05, 4.69) is 32.2 Å². The van der Waals surface area contributed by atoms with Crippen LogP contribution in [-0.4, -0.2) is 48.5 Å². The van der Waals surface area contributed by atoms with E-state index in [1.54, 1.807) is 18.3 Å². The van der Waals surface area contributed by atoms with Gasteiger partial charge in [0.05, 0.1) is 13.0 Å². The lowest BCUT2D eigenvalue weighted by Crippen LogP contribution is -2.42. The van der Waals surface area contributed by atoms with Crippen molar-refractivity contribution < 1.29 is 19.5 Å². The number of aliphatic imine (C=N–C) groups is 1. The van der Waals surface area contributed by atoms with Gasteiger partial charge in [0.2, 0.25) is 11.9 Å². The molecular weight excluding hydrogens is 352 g/mol. The zero-order valence-electron chi connectivity index (χ0n) is 14.4. The molecule has 0 bridgehead atoms. The Kier molecular flexibility index (Phi) is 8.35. The highest BCUT2D eigenvalue weighted by Crippen LogP contribution is 2.10. The van der Waals surface area contributed by atoms with Crippen LogP contribution in [0, 0.1) is 23.8 Å². The van der Waals surface area contributed by atoms with Crippen LogP contribution < -0.4 is 21.3 Å². The monoisotopic (exact) mass is 370 g/mol. The summed E-state index contributed by atoms with van der Waals surface area (Å²) in [6.45, 7) is -0.369. The molecule has 0 aromatic heterocycles. The molecule has 10 heteroatoms. The van der Waals surface area contributed by atoms with Crippen LogP contribution in [0.1, 0.15) is 16.8 Å². The van der Waals surface area contributed by atoms with E-state index < -0.39 is 30.2 Å². The van der Waals surface area contributed by atoms with Gasteiger partial charge in [0, 0.05) is 18.3 Å². The van der Waals surface area contributed by atoms with Crippen LogP contribution in [0.5, 0.6) is 0 Å². The molecule has 0 unspecified atom stereocenters. The topological polar surface area (TPSA) is 156 Å². The summed E-state index contributed by atoms with van der Waals surface area (Å²) in [7, 11) is 1.48. The number of carboxylic acid groups (broad SMARTS) is 1. The van der Waals surface area contributed by atoms with Crippen LogP contribution in [0.3, 0.4) is 0 Å². The van der Waals surface area contributed by atoms with Crippen molar-refractivity contribution in [3.63, 3.8) is 0 Å². The number of carbonyl (C=O) groups is 3. The smallest absolute Gasteiger partial charge is 0.306 e. The number of anilines is 1. The van der Waals surface area contributed by atoms with E-state index in [1.807, 2.05) is 0 Å². The summed E-state index contributed by atoms with van der Waals surface area (Å²) in [4.78, 5) is 38.4. The lowest BCUT2D eigenvalue weighted by Gasteiger charge is -2.12. The summed E-state index contributed by atoms with van der Waals surface area (Å²) >= 11 is 0. The largest absolute Gasteiger partial charge is 0.481 e. The van der Waals surface area contributed by atoms with Crippen LogP contribution in [0.25, 0.3) is 0 Å². The number of hydrogen-bond acceptors (Lipinski definition) is 5. The number of nitrogens with one attached hydrogen (secondary N) is 4. The van der Waals surface area contributed by atoms with E-state index in [1.165, 1.54) is 19.2 Å². The minimum Gasteiger partial charge on any atom is -0.481 e. The normalized spacial score (nSPS) is 11.3. The number of terminal acetylenes is 1. The van der Waals surface area contributed by atoms with Crippen LogP contribution in [-0.2, 0) is 9.59 Å². The van der Waals surface area contributed by atoms with E-state index in [0.717, 1.165) is 0 Å². The molecule has 27 heavy (non-hydrogen) atoms. The van der Waals surface area contributed by atoms with Gasteiger partial charge in [-0.2, -0.15) is 5.26 Å². The number of guanidine groups is 1. The number of nitriles is 1. The third kappa shape index (κ3) is 7.58. The highest BCUT2D eigenvalue weighted by atomic mass is 16.4. The van der Waals surface area contributed by atoms with Crippen molar-refractivity contribution >= 4 is 29.4 Å². The van der Waals surface area contributed by atoms with E-state index in [0.29, 0.717) is 5.69 Å². The third-order valence-electron chi connectivity index (χ3n) is 3.11. The van der Waals surface area contributed by atoms with Gasteiger partial charge in [-0.25, -0.2) is 0 Å². The zero-order chi connectivity index (χ0) is 20.2. The molecule has 140 valence electrons. The number of carboxylic acids is 1. The molecule has 0 saturated carbocycles. The van der Waals surface area contributed by atoms with Crippen molar-refractivity contribution in [1.82, 2.24) is 16.0 Å². The Bertz CT molecular complexity index is 821. The second kappa shape index (κ2) is 10.7. The van der Waals surface area contributed by atoms with Crippen molar-refractivity contribution in [2.45, 2.75) is 12.5 Å². The van der Waals surface area contributed by atoms with Crippen LogP contribution in [0.15, 0.2) is 29.3 Å². The number of hydrogen-bond donors (Lipinski definition) is 5. The molecular formula is C17H18N6O4. The van der Waals surface area contributed by atoms with Gasteiger partial charge in [-0.05, 0) is 18.2 Å². The molecule has 5 N–H and O–H groups in total. The Hall–Kier alpha value is -4.05. The molecule has 0 heterocycles. The van der Waals surface area contributed by atoms with Crippen molar-refractivity contribution in [1.29, 1.82) is 5.26 Å². The maximum absolute atomic E-state index is 12.2. The van der Waals surface area contributed by atoms with E-state index in [4.69, 9.17) is 16.8 Å². The Morgan fingerprint density at radius 1 is 1.37 bits per heavy atom. The quantitative estimate of drug-likeness (QED) is 0.142. The fraction of sp³-hybridized carbons (Fsp3) is 0.235. The van der Waals surface area contributed by atoms with Crippen LogP contribution in [0.2, 0.25) is 0 Å². The molecule has 0 aliphatic heterocycles. The van der Waals surface area contributed by atoms with Crippen molar-refractivity contribution in [2.24, 2.45) is 4.99 Å². The maximum Gasteiger partial charge on any atom is 0.306 e. The number of carbonyl (C=O) groups excluding carboxylic acids is 2. The molecule has 0 fully saturated rings. The molecule has 1 aromatic rings. The SMILES string of the molecule is C#C[C@H](CC(=O)O)NC(=O)CNC(=O)c1cccc(NC(=NC)NC#N)c1. The predicted octanol–water partition coefficient (Wildman–Crippen LogP) is -0.523. The van der Waals surface area contributed by atoms with E-state index >= 15 is 0 Å². The second-order valence-electron chi connectivity index (χ2n) is 5.08. The van der Waals surface area contributed by atoms with Crippen LogP contribution >= 0.6 is 0 Å². The van der Waals surface area contributed by atoms with Crippen molar-refractivity contribution in [3.05, 3.63) is 29.8 Å². The summed E-state index contributed by atoms with van der Waals surface area (Å²) < 4.78 is 0. The number of aliphatic carboxylic acids is 1. The standard InChI is InChI=1S/C17H18N6O4/c1-3-12(8-15(25)26)22-14(24)9-20-16(27)11-5-4-6-13(7-11)23-17(19-2)21-10-18/h1,4-7,12H,8-9H2,2H3,(H,20,27)(H,22,24)(H,25,26)(H2,19,21,23)/t12-/m1/s1. The van der Waals surface area contributed by atoms with E-state index in [-0.39, 0.29) is 18.1 Å². The summed E-state index contributed by atoms with van der Waals surface area (Å²) in [5.74, 6) is 0.0760. The number of amides is 2. The Balaban J connectivity index is 2.64. The lowest BCUT2D eigenvalue weighted by atomic mass is 10.2. The highest BCUT2D eigenvalue weighted by molar-refractivity contribution is 5.99. The molecule has 1 aromatic carbocycles. The van der Waals surface area contributed by atoms with E-state index in [9.17, 15) is 14.4 Å². The average molecular weight is 370 g/mol. The highest BCUT2D eigenvalue weighted by Gasteiger charge is 2.14. The van der Waals surface area contributed by atoms with Crippen molar-refractivity contribution in [2.75, 3.05) is 18.9 Å². The molecule has 10 nitrogen and oxygen atoms in total. The van der Waals surface area contributed by atoms with Gasteiger partial charge in [0.25, 0.3) is 5.91 Å². The first-order valence-corrected chi connectivity index (χ1v) is 7.64. The summed E-state index contributed by atoms with van der Waals surface area (Å²) in [6, 6.07) is 5.36. The maximum atomic E-state index is 12.2. The molecule has 2 amide bonds. The van der Waals surface area contributed by atoms with Crippen molar-refractivity contribution in [3.8, 4) is 18.5 Å². The lowest BCUT2D eigenvalue weighted by molar-refractivity contribution is -0.137. The zero-order valence-corrected chi connectivity index (χ0v) is 14.4. The van der Waals surface area contributed by atoms with Gasteiger partial charge >= 0.3 is 5.97 Å². The predicted molar refractivity (Wildman–Crippen MR) is 97.5 cm³/mol. The number of benzene rings is 1. The van der Waals surface area contributed by atoms with Gasteiger partial charge in [-0.3, -0.25) is 24.7 Å². The first-order chi connectivity index (χ1) is 12.9. The molecule has 0 aliphatic rings. The molecule has 1 atom stereocenters. The molecule has 0 saturated heterocycles. The fourth-order valence-electron chi connectivity index (χ4n) is 1.91. The Morgan fingerprint density at radius 3 is 2.70 bits per heavy atom. The first kappa shape index (κ1) is 21.0. The minimum atomic E-state index is -1.15. The number of nitrogens with zero attached hydrogens (tertiary/aromatic N) is 2.